The highest BCUT2D eigenvalue weighted by atomic mass is 16.5. The van der Waals surface area contributed by atoms with Crippen LogP contribution in [0.5, 0.6) is 0 Å². The number of rotatable bonds is 2. The monoisotopic (exact) mass is 333 g/mol. The smallest absolute Gasteiger partial charge is 0.325 e. The van der Waals surface area contributed by atoms with Gasteiger partial charge in [0, 0.05) is 32.2 Å². The molecule has 1 aromatic rings. The van der Waals surface area contributed by atoms with E-state index in [9.17, 15) is 14.4 Å². The Morgan fingerprint density at radius 2 is 2.08 bits per heavy atom. The molecule has 4 amide bonds. The van der Waals surface area contributed by atoms with E-state index in [1.807, 2.05) is 0 Å². The van der Waals surface area contributed by atoms with Crippen LogP contribution in [0, 0.1) is 0 Å². The molecule has 3 fully saturated rings. The summed E-state index contributed by atoms with van der Waals surface area (Å²) in [6.07, 6.45) is 3.13. The zero-order chi connectivity index (χ0) is 16.7. The van der Waals surface area contributed by atoms with E-state index >= 15 is 0 Å². The first-order valence-electron chi connectivity index (χ1n) is 8.17. The third-order valence-electron chi connectivity index (χ3n) is 5.06. The predicted octanol–water partition coefficient (Wildman–Crippen LogP) is 0.595. The Morgan fingerprint density at radius 3 is 2.71 bits per heavy atom. The molecule has 4 heterocycles. The van der Waals surface area contributed by atoms with Gasteiger partial charge in [-0.2, -0.15) is 0 Å². The average Bonchev–Trinajstić information content (AvgIpc) is 3.31. The zero-order valence-electron chi connectivity index (χ0n) is 13.2. The Kier molecular flexibility index (Phi) is 3.56. The Balaban J connectivity index is 1.42. The lowest BCUT2D eigenvalue weighted by atomic mass is 9.97. The number of amides is 4. The quantitative estimate of drug-likeness (QED) is 0.800. The van der Waals surface area contributed by atoms with Crippen LogP contribution in [-0.4, -0.2) is 65.5 Å². The molecule has 3 aliphatic rings. The van der Waals surface area contributed by atoms with Crippen molar-refractivity contribution in [2.75, 3.05) is 26.3 Å². The van der Waals surface area contributed by atoms with Gasteiger partial charge in [0.1, 0.15) is 5.54 Å². The summed E-state index contributed by atoms with van der Waals surface area (Å²) >= 11 is 0. The van der Waals surface area contributed by atoms with E-state index in [1.54, 1.807) is 17.0 Å². The van der Waals surface area contributed by atoms with E-state index in [1.165, 1.54) is 11.2 Å². The van der Waals surface area contributed by atoms with Crippen molar-refractivity contribution in [2.45, 2.75) is 30.8 Å². The molecule has 128 valence electrons. The maximum absolute atomic E-state index is 12.7. The van der Waals surface area contributed by atoms with Crippen molar-refractivity contribution in [2.24, 2.45) is 0 Å². The molecule has 0 aliphatic carbocycles. The van der Waals surface area contributed by atoms with Gasteiger partial charge in [0.05, 0.1) is 12.9 Å². The van der Waals surface area contributed by atoms with Gasteiger partial charge in [0.25, 0.3) is 11.8 Å². The van der Waals surface area contributed by atoms with Crippen LogP contribution in [0.2, 0.25) is 0 Å². The van der Waals surface area contributed by atoms with Gasteiger partial charge < -0.3 is 19.4 Å². The summed E-state index contributed by atoms with van der Waals surface area (Å²) in [6.45, 7) is 1.70. The van der Waals surface area contributed by atoms with E-state index in [-0.39, 0.29) is 30.5 Å². The Hall–Kier alpha value is -2.35. The van der Waals surface area contributed by atoms with E-state index in [0.29, 0.717) is 44.7 Å². The third-order valence-corrected chi connectivity index (χ3v) is 5.06. The second-order valence-corrected chi connectivity index (χ2v) is 6.49. The van der Waals surface area contributed by atoms with E-state index < -0.39 is 5.54 Å². The predicted molar refractivity (Wildman–Crippen MR) is 81.2 cm³/mol. The molecule has 0 aromatic carbocycles. The lowest BCUT2D eigenvalue weighted by molar-refractivity contribution is -0.133. The van der Waals surface area contributed by atoms with Crippen molar-refractivity contribution in [3.8, 4) is 0 Å². The van der Waals surface area contributed by atoms with Gasteiger partial charge in [-0.1, -0.05) is 0 Å². The third kappa shape index (κ3) is 2.29. The standard InChI is InChI=1S/C16H19N3O5/c20-13(12-2-1-8-24-12)18-6-3-11(4-7-18)19-14(21)16(17-15(19)22)5-9-23-10-16/h1-2,8,11H,3-7,9-10H2,(H,17,22). The summed E-state index contributed by atoms with van der Waals surface area (Å²) in [7, 11) is 0. The van der Waals surface area contributed by atoms with E-state index in [2.05, 4.69) is 5.32 Å². The Morgan fingerprint density at radius 1 is 1.29 bits per heavy atom. The molecule has 0 saturated carbocycles. The van der Waals surface area contributed by atoms with E-state index in [4.69, 9.17) is 9.15 Å². The maximum Gasteiger partial charge on any atom is 0.325 e. The molecule has 1 unspecified atom stereocenters. The molecule has 0 bridgehead atoms. The lowest BCUT2D eigenvalue weighted by Gasteiger charge is -2.35. The molecule has 1 N–H and O–H groups in total. The van der Waals surface area contributed by atoms with Crippen molar-refractivity contribution in [1.82, 2.24) is 15.1 Å². The molecule has 1 spiro atoms. The molecule has 8 heteroatoms. The minimum Gasteiger partial charge on any atom is -0.459 e. The second kappa shape index (κ2) is 5.62. The van der Waals surface area contributed by atoms with Gasteiger partial charge in [-0.25, -0.2) is 4.79 Å². The highest BCUT2D eigenvalue weighted by Gasteiger charge is 2.55. The number of carbonyl (C=O) groups is 3. The minimum absolute atomic E-state index is 0.156. The molecule has 3 saturated heterocycles. The van der Waals surface area contributed by atoms with Gasteiger partial charge in [-0.3, -0.25) is 14.5 Å². The number of nitrogens with one attached hydrogen (secondary N) is 1. The molecule has 3 aliphatic heterocycles. The molecular weight excluding hydrogens is 314 g/mol. The number of hydrogen-bond donors (Lipinski definition) is 1. The summed E-state index contributed by atoms with van der Waals surface area (Å²) in [4.78, 5) is 40.3. The second-order valence-electron chi connectivity index (χ2n) is 6.49. The van der Waals surface area contributed by atoms with Crippen molar-refractivity contribution < 1.29 is 23.5 Å². The van der Waals surface area contributed by atoms with Crippen LogP contribution in [0.3, 0.4) is 0 Å². The van der Waals surface area contributed by atoms with Gasteiger partial charge >= 0.3 is 6.03 Å². The molecule has 24 heavy (non-hydrogen) atoms. The van der Waals surface area contributed by atoms with Crippen molar-refractivity contribution in [3.63, 3.8) is 0 Å². The highest BCUT2D eigenvalue weighted by Crippen LogP contribution is 2.30. The average molecular weight is 333 g/mol. The summed E-state index contributed by atoms with van der Waals surface area (Å²) in [5.41, 5.74) is -0.877. The topological polar surface area (TPSA) is 92.1 Å². The van der Waals surface area contributed by atoms with Gasteiger partial charge in [-0.05, 0) is 25.0 Å². The van der Waals surface area contributed by atoms with Crippen LogP contribution in [0.1, 0.15) is 29.8 Å². The first kappa shape index (κ1) is 15.2. The number of likely N-dealkylation sites (tertiary alicyclic amines) is 1. The number of furan rings is 1. The summed E-state index contributed by atoms with van der Waals surface area (Å²) < 4.78 is 10.4. The number of hydrogen-bond acceptors (Lipinski definition) is 5. The minimum atomic E-state index is -0.877. The lowest BCUT2D eigenvalue weighted by Crippen LogP contribution is -2.51. The molecule has 8 nitrogen and oxygen atoms in total. The number of carbonyl (C=O) groups excluding carboxylic acids is 3. The molecule has 0 radical (unpaired) electrons. The number of ether oxygens (including phenoxy) is 1. The maximum atomic E-state index is 12.7. The van der Waals surface area contributed by atoms with Crippen LogP contribution >= 0.6 is 0 Å². The first-order chi connectivity index (χ1) is 11.6. The van der Waals surface area contributed by atoms with Crippen LogP contribution in [0.25, 0.3) is 0 Å². The van der Waals surface area contributed by atoms with E-state index in [0.717, 1.165) is 0 Å². The Labute approximate surface area is 138 Å². The summed E-state index contributed by atoms with van der Waals surface area (Å²) in [5.74, 6) is -0.0392. The molecule has 1 aromatic heterocycles. The fraction of sp³-hybridized carbons (Fsp3) is 0.562. The molecule has 1 atom stereocenters. The largest absolute Gasteiger partial charge is 0.459 e. The molecular formula is C16H19N3O5. The van der Waals surface area contributed by atoms with Crippen molar-refractivity contribution in [3.05, 3.63) is 24.2 Å². The summed E-state index contributed by atoms with van der Waals surface area (Å²) in [5, 5.41) is 2.80. The number of imide groups is 1. The normalized spacial score (nSPS) is 28.0. The van der Waals surface area contributed by atoms with Gasteiger partial charge in [0.15, 0.2) is 5.76 Å². The number of piperidine rings is 1. The Bertz CT molecular complexity index is 657. The van der Waals surface area contributed by atoms with Gasteiger partial charge in [-0.15, -0.1) is 0 Å². The molecule has 4 rings (SSSR count). The van der Waals surface area contributed by atoms with Crippen LogP contribution in [0.15, 0.2) is 22.8 Å². The SMILES string of the molecule is O=C(c1ccco1)N1CCC(N2C(=O)NC3(CCOC3)C2=O)CC1. The van der Waals surface area contributed by atoms with Crippen molar-refractivity contribution >= 4 is 17.8 Å². The zero-order valence-corrected chi connectivity index (χ0v) is 13.2. The number of urea groups is 1. The van der Waals surface area contributed by atoms with Crippen LogP contribution < -0.4 is 5.32 Å². The van der Waals surface area contributed by atoms with Gasteiger partial charge in [0.2, 0.25) is 0 Å². The van der Waals surface area contributed by atoms with Crippen LogP contribution in [-0.2, 0) is 9.53 Å². The fourth-order valence-electron chi connectivity index (χ4n) is 3.69. The highest BCUT2D eigenvalue weighted by molar-refractivity contribution is 6.07. The van der Waals surface area contributed by atoms with Crippen LogP contribution in [0.4, 0.5) is 4.79 Å². The van der Waals surface area contributed by atoms with Crippen molar-refractivity contribution in [1.29, 1.82) is 0 Å². The summed E-state index contributed by atoms with van der Waals surface area (Å²) in [6, 6.07) is 2.78. The number of nitrogens with zero attached hydrogens (tertiary/aromatic N) is 2. The first-order valence-corrected chi connectivity index (χ1v) is 8.17. The fourth-order valence-corrected chi connectivity index (χ4v) is 3.69.